The van der Waals surface area contributed by atoms with Gasteiger partial charge >= 0.3 is 12.0 Å². The van der Waals surface area contributed by atoms with Gasteiger partial charge in [0.15, 0.2) is 0 Å². The van der Waals surface area contributed by atoms with Gasteiger partial charge in [-0.3, -0.25) is 4.79 Å². The van der Waals surface area contributed by atoms with Crippen molar-refractivity contribution < 1.29 is 19.8 Å². The fraction of sp³-hybridized carbons (Fsp3) is 0.571. The van der Waals surface area contributed by atoms with Crippen LogP contribution in [0.2, 0.25) is 0 Å². The van der Waals surface area contributed by atoms with Crippen LogP contribution in [0.15, 0.2) is 17.5 Å². The minimum atomic E-state index is -0.929. The molecule has 0 saturated carbocycles. The van der Waals surface area contributed by atoms with Crippen LogP contribution in [0, 0.1) is 0 Å². The number of nitrogens with zero attached hydrogens (tertiary/aromatic N) is 1. The molecular weight excluding hydrogens is 292 g/mol. The molecule has 1 saturated heterocycles. The molecule has 2 rings (SSSR count). The summed E-state index contributed by atoms with van der Waals surface area (Å²) in [4.78, 5) is 25.1. The van der Waals surface area contributed by atoms with Crippen LogP contribution in [0.1, 0.15) is 36.7 Å². The zero-order chi connectivity index (χ0) is 15.2. The number of amides is 2. The van der Waals surface area contributed by atoms with Crippen molar-refractivity contribution in [1.29, 1.82) is 0 Å². The number of hydrogen-bond acceptors (Lipinski definition) is 4. The Balaban J connectivity index is 1.84. The molecule has 21 heavy (non-hydrogen) atoms. The zero-order valence-corrected chi connectivity index (χ0v) is 12.5. The van der Waals surface area contributed by atoms with E-state index in [0.717, 1.165) is 17.7 Å². The van der Waals surface area contributed by atoms with Crippen molar-refractivity contribution in [2.75, 3.05) is 13.1 Å². The van der Waals surface area contributed by atoms with E-state index in [1.165, 1.54) is 11.3 Å². The summed E-state index contributed by atoms with van der Waals surface area (Å²) in [6.07, 6.45) is 1.67. The molecule has 1 aromatic heterocycles. The van der Waals surface area contributed by atoms with Crippen LogP contribution in [-0.4, -0.2) is 46.2 Å². The van der Waals surface area contributed by atoms with Crippen LogP contribution in [0.3, 0.4) is 0 Å². The number of carboxylic acids is 1. The summed E-state index contributed by atoms with van der Waals surface area (Å²) in [7, 11) is 0. The highest BCUT2D eigenvalue weighted by molar-refractivity contribution is 7.10. The fourth-order valence-electron chi connectivity index (χ4n) is 2.58. The first-order chi connectivity index (χ1) is 10.1. The van der Waals surface area contributed by atoms with Crippen LogP contribution in [0.25, 0.3) is 0 Å². The Kier molecular flexibility index (Phi) is 5.58. The number of aliphatic hydroxyl groups is 1. The zero-order valence-electron chi connectivity index (χ0n) is 11.7. The van der Waals surface area contributed by atoms with Crippen molar-refractivity contribution in [3.63, 3.8) is 0 Å². The number of aliphatic carboxylic acids is 1. The van der Waals surface area contributed by atoms with Crippen LogP contribution in [-0.2, 0) is 4.79 Å². The van der Waals surface area contributed by atoms with Crippen LogP contribution >= 0.6 is 11.3 Å². The molecule has 1 aliphatic rings. The molecule has 0 aliphatic carbocycles. The maximum absolute atomic E-state index is 12.0. The molecule has 0 radical (unpaired) electrons. The van der Waals surface area contributed by atoms with Crippen molar-refractivity contribution in [2.24, 2.45) is 0 Å². The Labute approximate surface area is 127 Å². The molecule has 0 spiro atoms. The molecule has 2 heterocycles. The minimum Gasteiger partial charge on any atom is -0.481 e. The summed E-state index contributed by atoms with van der Waals surface area (Å²) in [6.45, 7) is 0.783. The highest BCUT2D eigenvalue weighted by Gasteiger charge is 2.30. The monoisotopic (exact) mass is 312 g/mol. The van der Waals surface area contributed by atoms with E-state index in [1.54, 1.807) is 4.90 Å². The lowest BCUT2D eigenvalue weighted by Crippen LogP contribution is -2.43. The number of rotatable bonds is 6. The Morgan fingerprint density at radius 3 is 3.00 bits per heavy atom. The second-order valence-electron chi connectivity index (χ2n) is 5.13. The average molecular weight is 312 g/mol. The summed E-state index contributed by atoms with van der Waals surface area (Å²) >= 11 is 1.51. The van der Waals surface area contributed by atoms with Gasteiger partial charge in [0.2, 0.25) is 0 Å². The third kappa shape index (κ3) is 4.44. The number of carbonyl (C=O) groups excluding carboxylic acids is 1. The van der Waals surface area contributed by atoms with Gasteiger partial charge in [-0.2, -0.15) is 0 Å². The third-order valence-corrected chi connectivity index (χ3v) is 4.59. The topological polar surface area (TPSA) is 89.9 Å². The second kappa shape index (κ2) is 7.42. The van der Waals surface area contributed by atoms with Crippen molar-refractivity contribution in [2.45, 2.75) is 37.8 Å². The first kappa shape index (κ1) is 15.8. The first-order valence-electron chi connectivity index (χ1n) is 7.05. The number of hydrogen-bond donors (Lipinski definition) is 3. The molecule has 1 fully saturated rings. The molecule has 0 bridgehead atoms. The van der Waals surface area contributed by atoms with Gasteiger partial charge < -0.3 is 20.4 Å². The van der Waals surface area contributed by atoms with Gasteiger partial charge in [-0.15, -0.1) is 11.3 Å². The molecule has 2 amide bonds. The van der Waals surface area contributed by atoms with Crippen LogP contribution in [0.5, 0.6) is 0 Å². The van der Waals surface area contributed by atoms with Crippen molar-refractivity contribution >= 4 is 23.3 Å². The number of likely N-dealkylation sites (tertiary alicyclic amines) is 1. The van der Waals surface area contributed by atoms with Crippen LogP contribution in [0.4, 0.5) is 4.79 Å². The summed E-state index contributed by atoms with van der Waals surface area (Å²) in [5.41, 5.74) is 0. The molecule has 3 N–H and O–H groups in total. The number of nitrogens with one attached hydrogen (secondary N) is 1. The molecule has 0 aromatic carbocycles. The van der Waals surface area contributed by atoms with Gasteiger partial charge in [-0.25, -0.2) is 4.79 Å². The van der Waals surface area contributed by atoms with E-state index in [0.29, 0.717) is 13.0 Å². The van der Waals surface area contributed by atoms with Gasteiger partial charge in [-0.05, 0) is 30.7 Å². The summed E-state index contributed by atoms with van der Waals surface area (Å²) in [5, 5.41) is 23.3. The smallest absolute Gasteiger partial charge is 0.317 e. The predicted molar refractivity (Wildman–Crippen MR) is 79.3 cm³/mol. The third-order valence-electron chi connectivity index (χ3n) is 3.62. The van der Waals surface area contributed by atoms with E-state index in [9.17, 15) is 14.7 Å². The Bertz CT molecular complexity index is 477. The average Bonchev–Trinajstić information content (AvgIpc) is 3.09. The maximum atomic E-state index is 12.0. The van der Waals surface area contributed by atoms with Gasteiger partial charge in [0.05, 0.1) is 12.5 Å². The normalized spacial score (nSPS) is 19.5. The summed E-state index contributed by atoms with van der Waals surface area (Å²) in [6, 6.07) is 3.56. The number of carbonyl (C=O) groups is 2. The molecule has 6 nitrogen and oxygen atoms in total. The van der Waals surface area contributed by atoms with Crippen molar-refractivity contribution in [3.05, 3.63) is 22.4 Å². The summed E-state index contributed by atoms with van der Waals surface area (Å²) < 4.78 is 0. The Morgan fingerprint density at radius 1 is 1.52 bits per heavy atom. The molecule has 1 aliphatic heterocycles. The first-order valence-corrected chi connectivity index (χ1v) is 7.93. The molecule has 2 atom stereocenters. The van der Waals surface area contributed by atoms with E-state index in [1.807, 2.05) is 17.5 Å². The van der Waals surface area contributed by atoms with Crippen LogP contribution < -0.4 is 5.32 Å². The number of thiophene rings is 1. The van der Waals surface area contributed by atoms with Gasteiger partial charge in [0.1, 0.15) is 0 Å². The molecule has 116 valence electrons. The number of urea groups is 1. The SMILES string of the molecule is O=C(O)CCNC(=O)N1CCCC1CC(O)c1cccs1. The van der Waals surface area contributed by atoms with Gasteiger partial charge in [0, 0.05) is 24.0 Å². The largest absolute Gasteiger partial charge is 0.481 e. The summed E-state index contributed by atoms with van der Waals surface area (Å²) in [5.74, 6) is -0.929. The molecular formula is C14H20N2O4S. The van der Waals surface area contributed by atoms with E-state index in [2.05, 4.69) is 5.32 Å². The predicted octanol–water partition coefficient (Wildman–Crippen LogP) is 1.82. The second-order valence-corrected chi connectivity index (χ2v) is 6.11. The van der Waals surface area contributed by atoms with Crippen molar-refractivity contribution in [3.8, 4) is 0 Å². The lowest BCUT2D eigenvalue weighted by atomic mass is 10.1. The Hall–Kier alpha value is -1.60. The lowest BCUT2D eigenvalue weighted by Gasteiger charge is -2.26. The van der Waals surface area contributed by atoms with Gasteiger partial charge in [0.25, 0.3) is 0 Å². The van der Waals surface area contributed by atoms with Gasteiger partial charge in [-0.1, -0.05) is 6.07 Å². The van der Waals surface area contributed by atoms with E-state index in [4.69, 9.17) is 5.11 Å². The highest BCUT2D eigenvalue weighted by Crippen LogP contribution is 2.29. The number of aliphatic hydroxyl groups excluding tert-OH is 1. The van der Waals surface area contributed by atoms with E-state index < -0.39 is 12.1 Å². The quantitative estimate of drug-likeness (QED) is 0.747. The maximum Gasteiger partial charge on any atom is 0.317 e. The highest BCUT2D eigenvalue weighted by atomic mass is 32.1. The standard InChI is InChI=1S/C14H20N2O4S/c17-11(12-4-2-8-21-12)9-10-3-1-7-16(10)14(20)15-6-5-13(18)19/h2,4,8,10-11,17H,1,3,5-7,9H2,(H,15,20)(H,18,19). The molecule has 1 aromatic rings. The lowest BCUT2D eigenvalue weighted by molar-refractivity contribution is -0.136. The van der Waals surface area contributed by atoms with Crippen molar-refractivity contribution in [1.82, 2.24) is 10.2 Å². The fourth-order valence-corrected chi connectivity index (χ4v) is 3.31. The molecule has 2 unspecified atom stereocenters. The van der Waals surface area contributed by atoms with E-state index >= 15 is 0 Å². The Morgan fingerprint density at radius 2 is 2.33 bits per heavy atom. The number of carboxylic acid groups (broad SMARTS) is 1. The van der Waals surface area contributed by atoms with E-state index in [-0.39, 0.29) is 25.0 Å². The minimum absolute atomic E-state index is 0.00641. The molecule has 7 heteroatoms.